The molecule has 0 aliphatic heterocycles. The third-order valence-electron chi connectivity index (χ3n) is 3.14. The Balaban J connectivity index is 1.90. The quantitative estimate of drug-likeness (QED) is 0.686. The van der Waals surface area contributed by atoms with Gasteiger partial charge in [0.05, 0.1) is 5.69 Å². The Morgan fingerprint density at radius 1 is 1.09 bits per heavy atom. The van der Waals surface area contributed by atoms with Gasteiger partial charge in [-0.15, -0.1) is 13.2 Å². The van der Waals surface area contributed by atoms with E-state index >= 15 is 0 Å². The Labute approximate surface area is 129 Å². The van der Waals surface area contributed by atoms with E-state index in [1.54, 1.807) is 13.3 Å². The molecule has 0 amide bonds. The molecule has 0 fully saturated rings. The van der Waals surface area contributed by atoms with Gasteiger partial charge in [0.25, 0.3) is 0 Å². The smallest absolute Gasteiger partial charge is 0.406 e. The molecule has 0 N–H and O–H groups in total. The molecule has 0 spiro atoms. The Hall–Kier alpha value is -2.83. The fourth-order valence-electron chi connectivity index (χ4n) is 2.20. The van der Waals surface area contributed by atoms with Crippen LogP contribution in [-0.4, -0.2) is 29.0 Å². The molecule has 0 saturated heterocycles. The highest BCUT2D eigenvalue weighted by molar-refractivity contribution is 5.79. The molecule has 0 atom stereocenters. The third kappa shape index (κ3) is 3.50. The first-order chi connectivity index (χ1) is 10.9. The Morgan fingerprint density at radius 3 is 2.48 bits per heavy atom. The molecule has 0 saturated carbocycles. The number of fused-ring (bicyclic) bond motifs is 1. The van der Waals surface area contributed by atoms with Crippen molar-refractivity contribution in [2.24, 2.45) is 4.99 Å². The number of aromatic nitrogens is 2. The molecular weight excluding hydrogens is 307 g/mol. The molecule has 0 aliphatic rings. The molecule has 118 valence electrons. The van der Waals surface area contributed by atoms with Gasteiger partial charge in [0.15, 0.2) is 0 Å². The second-order valence-corrected chi connectivity index (χ2v) is 4.81. The van der Waals surface area contributed by atoms with Gasteiger partial charge < -0.3 is 9.14 Å². The zero-order valence-corrected chi connectivity index (χ0v) is 12.1. The lowest BCUT2D eigenvalue weighted by atomic mass is 10.2. The number of imidazole rings is 1. The predicted molar refractivity (Wildman–Crippen MR) is 80.8 cm³/mol. The maximum absolute atomic E-state index is 12.2. The van der Waals surface area contributed by atoms with Crippen LogP contribution in [0.25, 0.3) is 16.9 Å². The van der Waals surface area contributed by atoms with E-state index in [1.807, 2.05) is 28.9 Å². The molecule has 2 heterocycles. The second kappa shape index (κ2) is 5.75. The summed E-state index contributed by atoms with van der Waals surface area (Å²) in [5, 5.41) is 0. The van der Waals surface area contributed by atoms with Crippen molar-refractivity contribution in [1.29, 1.82) is 0 Å². The first-order valence-electron chi connectivity index (χ1n) is 6.72. The van der Waals surface area contributed by atoms with E-state index in [0.29, 0.717) is 11.3 Å². The first-order valence-corrected chi connectivity index (χ1v) is 6.72. The number of aliphatic imine (C=N–C) groups is 1. The molecule has 7 heteroatoms. The van der Waals surface area contributed by atoms with E-state index in [1.165, 1.54) is 24.3 Å². The molecule has 0 radical (unpaired) electrons. The standard InChI is InChI=1S/C16H12F3N3O/c1-20-8-11-2-7-15-21-14(10-22(15)9-11)12-3-5-13(6-4-12)23-16(17,18)19/h2-10H,1H3. The van der Waals surface area contributed by atoms with Crippen LogP contribution in [0.5, 0.6) is 5.75 Å². The van der Waals surface area contributed by atoms with Crippen molar-refractivity contribution in [3.8, 4) is 17.0 Å². The van der Waals surface area contributed by atoms with E-state index in [9.17, 15) is 13.2 Å². The lowest BCUT2D eigenvalue weighted by Gasteiger charge is -2.08. The van der Waals surface area contributed by atoms with Crippen LogP contribution < -0.4 is 4.74 Å². The Morgan fingerprint density at radius 2 is 1.83 bits per heavy atom. The number of ether oxygens (including phenoxy) is 1. The van der Waals surface area contributed by atoms with Gasteiger partial charge in [-0.3, -0.25) is 4.99 Å². The minimum absolute atomic E-state index is 0.258. The van der Waals surface area contributed by atoms with Crippen LogP contribution >= 0.6 is 0 Å². The minimum atomic E-state index is -4.69. The number of rotatable bonds is 3. The van der Waals surface area contributed by atoms with Gasteiger partial charge >= 0.3 is 6.36 Å². The van der Waals surface area contributed by atoms with E-state index < -0.39 is 6.36 Å². The summed E-state index contributed by atoms with van der Waals surface area (Å²) in [4.78, 5) is 8.40. The average Bonchev–Trinajstić information content (AvgIpc) is 2.90. The van der Waals surface area contributed by atoms with Crippen LogP contribution in [0.4, 0.5) is 13.2 Å². The van der Waals surface area contributed by atoms with Crippen LogP contribution in [0.2, 0.25) is 0 Å². The van der Waals surface area contributed by atoms with Gasteiger partial charge in [0, 0.05) is 36.8 Å². The normalized spacial score (nSPS) is 12.2. The second-order valence-electron chi connectivity index (χ2n) is 4.81. The molecule has 1 aromatic carbocycles. The largest absolute Gasteiger partial charge is 0.573 e. The molecule has 3 rings (SSSR count). The molecule has 4 nitrogen and oxygen atoms in total. The molecular formula is C16H12F3N3O. The number of benzene rings is 1. The average molecular weight is 319 g/mol. The number of hydrogen-bond donors (Lipinski definition) is 0. The molecule has 3 aromatic rings. The zero-order chi connectivity index (χ0) is 16.4. The van der Waals surface area contributed by atoms with Crippen molar-refractivity contribution in [1.82, 2.24) is 9.38 Å². The summed E-state index contributed by atoms with van der Waals surface area (Å²) in [5.74, 6) is -0.258. The van der Waals surface area contributed by atoms with Crippen molar-refractivity contribution in [3.63, 3.8) is 0 Å². The summed E-state index contributed by atoms with van der Waals surface area (Å²) >= 11 is 0. The predicted octanol–water partition coefficient (Wildman–Crippen LogP) is 3.95. The molecule has 0 unspecified atom stereocenters. The fourth-order valence-corrected chi connectivity index (χ4v) is 2.20. The van der Waals surface area contributed by atoms with Crippen molar-refractivity contribution < 1.29 is 17.9 Å². The van der Waals surface area contributed by atoms with Crippen LogP contribution in [0.1, 0.15) is 5.56 Å². The van der Waals surface area contributed by atoms with E-state index in [2.05, 4.69) is 14.7 Å². The zero-order valence-electron chi connectivity index (χ0n) is 12.1. The van der Waals surface area contributed by atoms with Crippen molar-refractivity contribution in [2.75, 3.05) is 7.05 Å². The Bertz CT molecular complexity index is 851. The van der Waals surface area contributed by atoms with Crippen molar-refractivity contribution >= 4 is 11.9 Å². The summed E-state index contributed by atoms with van der Waals surface area (Å²) in [7, 11) is 1.69. The summed E-state index contributed by atoms with van der Waals surface area (Å²) in [5.41, 5.74) is 3.03. The monoisotopic (exact) mass is 319 g/mol. The maximum atomic E-state index is 12.2. The summed E-state index contributed by atoms with van der Waals surface area (Å²) < 4.78 is 42.2. The number of pyridine rings is 1. The highest BCUT2D eigenvalue weighted by atomic mass is 19.4. The number of hydrogen-bond acceptors (Lipinski definition) is 3. The van der Waals surface area contributed by atoms with Gasteiger partial charge in [-0.05, 0) is 36.4 Å². The van der Waals surface area contributed by atoms with E-state index in [4.69, 9.17) is 0 Å². The van der Waals surface area contributed by atoms with Gasteiger partial charge in [0.1, 0.15) is 11.4 Å². The topological polar surface area (TPSA) is 38.9 Å². The van der Waals surface area contributed by atoms with Gasteiger partial charge in [-0.1, -0.05) is 0 Å². The number of nitrogens with zero attached hydrogens (tertiary/aromatic N) is 3. The number of halogens is 3. The molecule has 23 heavy (non-hydrogen) atoms. The van der Waals surface area contributed by atoms with E-state index in [0.717, 1.165) is 11.2 Å². The van der Waals surface area contributed by atoms with Crippen LogP contribution in [0.15, 0.2) is 53.8 Å². The SMILES string of the molecule is CN=Cc1ccc2nc(-c3ccc(OC(F)(F)F)cc3)cn2c1. The summed E-state index contributed by atoms with van der Waals surface area (Å²) in [6, 6.07) is 9.35. The van der Waals surface area contributed by atoms with Crippen LogP contribution in [0, 0.1) is 0 Å². The maximum Gasteiger partial charge on any atom is 0.573 e. The minimum Gasteiger partial charge on any atom is -0.406 e. The van der Waals surface area contributed by atoms with Gasteiger partial charge in [-0.25, -0.2) is 4.98 Å². The highest BCUT2D eigenvalue weighted by Crippen LogP contribution is 2.26. The lowest BCUT2D eigenvalue weighted by molar-refractivity contribution is -0.274. The van der Waals surface area contributed by atoms with Crippen LogP contribution in [0.3, 0.4) is 0 Å². The van der Waals surface area contributed by atoms with Gasteiger partial charge in [0.2, 0.25) is 0 Å². The van der Waals surface area contributed by atoms with E-state index in [-0.39, 0.29) is 5.75 Å². The van der Waals surface area contributed by atoms with Crippen molar-refractivity contribution in [3.05, 3.63) is 54.4 Å². The number of alkyl halides is 3. The highest BCUT2D eigenvalue weighted by Gasteiger charge is 2.30. The van der Waals surface area contributed by atoms with Crippen LogP contribution in [-0.2, 0) is 0 Å². The Kier molecular flexibility index (Phi) is 3.77. The van der Waals surface area contributed by atoms with Crippen molar-refractivity contribution in [2.45, 2.75) is 6.36 Å². The fraction of sp³-hybridized carbons (Fsp3) is 0.125. The summed E-state index contributed by atoms with van der Waals surface area (Å²) in [6.07, 6.45) is 0.714. The molecule has 2 aromatic heterocycles. The first kappa shape index (κ1) is 15.1. The lowest BCUT2D eigenvalue weighted by Crippen LogP contribution is -2.16. The van der Waals surface area contributed by atoms with Gasteiger partial charge in [-0.2, -0.15) is 0 Å². The molecule has 0 bridgehead atoms. The molecule has 0 aliphatic carbocycles. The summed E-state index contributed by atoms with van der Waals surface area (Å²) in [6.45, 7) is 0. The third-order valence-corrected chi connectivity index (χ3v) is 3.14.